The van der Waals surface area contributed by atoms with Crippen LogP contribution in [0.25, 0.3) is 0 Å². The lowest BCUT2D eigenvalue weighted by Crippen LogP contribution is -2.42. The molecule has 1 aliphatic rings. The first-order valence-electron chi connectivity index (χ1n) is 4.64. The average molecular weight is 187 g/mol. The molecule has 0 aromatic rings. The van der Waals surface area contributed by atoms with Crippen LogP contribution in [0.3, 0.4) is 0 Å². The van der Waals surface area contributed by atoms with E-state index in [1.165, 1.54) is 6.92 Å². The molecule has 1 rings (SSSR count). The van der Waals surface area contributed by atoms with Gasteiger partial charge in [0.2, 0.25) is 0 Å². The van der Waals surface area contributed by atoms with Crippen molar-refractivity contribution >= 4 is 5.91 Å². The Balaban J connectivity index is 2.52. The van der Waals surface area contributed by atoms with Gasteiger partial charge in [-0.3, -0.25) is 4.79 Å². The molecule has 0 unspecified atom stereocenters. The largest absolute Gasteiger partial charge is 0.384 e. The third-order valence-electron chi connectivity index (χ3n) is 2.38. The summed E-state index contributed by atoms with van der Waals surface area (Å²) < 4.78 is 5.01. The molecule has 1 N–H and O–H groups in total. The van der Waals surface area contributed by atoms with Crippen molar-refractivity contribution in [2.45, 2.75) is 31.9 Å². The smallest absolute Gasteiger partial charge is 0.251 e. The summed E-state index contributed by atoms with van der Waals surface area (Å²) in [5.74, 6) is -0.181. The fraction of sp³-hybridized carbons (Fsp3) is 0.889. The second kappa shape index (κ2) is 4.58. The standard InChI is InChI=1S/C9H17NO3/c1-7(11)9(12)10-5-3-4-8(10)6-13-2/h7-8,11H,3-6H2,1-2H3/t7-,8-/m0/s1. The van der Waals surface area contributed by atoms with Crippen molar-refractivity contribution in [2.75, 3.05) is 20.3 Å². The molecule has 0 aromatic carbocycles. The van der Waals surface area contributed by atoms with Gasteiger partial charge in [0.05, 0.1) is 12.6 Å². The van der Waals surface area contributed by atoms with Gasteiger partial charge in [-0.05, 0) is 19.8 Å². The van der Waals surface area contributed by atoms with Crippen LogP contribution in [0.5, 0.6) is 0 Å². The molecule has 76 valence electrons. The molecule has 4 nitrogen and oxygen atoms in total. The minimum absolute atomic E-state index is 0.159. The van der Waals surface area contributed by atoms with Gasteiger partial charge in [-0.15, -0.1) is 0 Å². The molecule has 0 radical (unpaired) electrons. The number of ether oxygens (including phenoxy) is 1. The molecule has 1 aliphatic heterocycles. The van der Waals surface area contributed by atoms with Gasteiger partial charge in [0, 0.05) is 13.7 Å². The van der Waals surface area contributed by atoms with E-state index >= 15 is 0 Å². The lowest BCUT2D eigenvalue weighted by atomic mass is 10.2. The highest BCUT2D eigenvalue weighted by Crippen LogP contribution is 2.18. The molecule has 0 aromatic heterocycles. The Kier molecular flexibility index (Phi) is 3.69. The van der Waals surface area contributed by atoms with Crippen LogP contribution in [0.2, 0.25) is 0 Å². The molecule has 0 spiro atoms. The summed E-state index contributed by atoms with van der Waals surface area (Å²) in [4.78, 5) is 13.2. The molecular weight excluding hydrogens is 170 g/mol. The van der Waals surface area contributed by atoms with Gasteiger partial charge in [0.15, 0.2) is 0 Å². The molecule has 1 heterocycles. The average Bonchev–Trinajstić information content (AvgIpc) is 2.52. The van der Waals surface area contributed by atoms with E-state index in [-0.39, 0.29) is 11.9 Å². The highest BCUT2D eigenvalue weighted by molar-refractivity contribution is 5.80. The number of amides is 1. The van der Waals surface area contributed by atoms with Crippen LogP contribution < -0.4 is 0 Å². The van der Waals surface area contributed by atoms with E-state index in [0.717, 1.165) is 19.4 Å². The summed E-state index contributed by atoms with van der Waals surface area (Å²) in [6, 6.07) is 0.159. The minimum Gasteiger partial charge on any atom is -0.384 e. The summed E-state index contributed by atoms with van der Waals surface area (Å²) in [6.45, 7) is 2.82. The van der Waals surface area contributed by atoms with Gasteiger partial charge in [0.25, 0.3) is 5.91 Å². The second-order valence-electron chi connectivity index (χ2n) is 3.46. The van der Waals surface area contributed by atoms with Gasteiger partial charge in [-0.1, -0.05) is 0 Å². The van der Waals surface area contributed by atoms with Crippen LogP contribution in [-0.4, -0.2) is 48.3 Å². The Labute approximate surface area is 78.5 Å². The summed E-state index contributed by atoms with van der Waals surface area (Å²) in [6.07, 6.45) is 1.09. The predicted octanol–water partition coefficient (Wildman–Crippen LogP) is 0.00460. The van der Waals surface area contributed by atoms with Gasteiger partial charge in [0.1, 0.15) is 6.10 Å². The van der Waals surface area contributed by atoms with Crippen molar-refractivity contribution in [3.63, 3.8) is 0 Å². The number of methoxy groups -OCH3 is 1. The van der Waals surface area contributed by atoms with Crippen LogP contribution in [-0.2, 0) is 9.53 Å². The number of aliphatic hydroxyl groups excluding tert-OH is 1. The topological polar surface area (TPSA) is 49.8 Å². The molecule has 0 saturated carbocycles. The highest BCUT2D eigenvalue weighted by atomic mass is 16.5. The molecule has 13 heavy (non-hydrogen) atoms. The minimum atomic E-state index is -0.891. The van der Waals surface area contributed by atoms with Crippen LogP contribution in [0.1, 0.15) is 19.8 Å². The summed E-state index contributed by atoms with van der Waals surface area (Å²) in [5, 5.41) is 9.14. The third kappa shape index (κ3) is 2.42. The van der Waals surface area contributed by atoms with Crippen molar-refractivity contribution in [3.05, 3.63) is 0 Å². The Morgan fingerprint density at radius 3 is 3.00 bits per heavy atom. The van der Waals surface area contributed by atoms with E-state index < -0.39 is 6.10 Å². The van der Waals surface area contributed by atoms with E-state index in [0.29, 0.717) is 6.61 Å². The Hall–Kier alpha value is -0.610. The summed E-state index contributed by atoms with van der Waals surface area (Å²) in [7, 11) is 1.63. The van der Waals surface area contributed by atoms with Crippen molar-refractivity contribution in [1.82, 2.24) is 4.90 Å². The monoisotopic (exact) mass is 187 g/mol. The van der Waals surface area contributed by atoms with Crippen molar-refractivity contribution in [3.8, 4) is 0 Å². The normalized spacial score (nSPS) is 24.8. The number of carbonyl (C=O) groups is 1. The zero-order valence-electron chi connectivity index (χ0n) is 8.19. The lowest BCUT2D eigenvalue weighted by Gasteiger charge is -2.25. The van der Waals surface area contributed by atoms with Gasteiger partial charge >= 0.3 is 0 Å². The van der Waals surface area contributed by atoms with Crippen molar-refractivity contribution in [1.29, 1.82) is 0 Å². The first-order chi connectivity index (χ1) is 6.16. The number of nitrogens with zero attached hydrogens (tertiary/aromatic N) is 1. The fourth-order valence-corrected chi connectivity index (χ4v) is 1.73. The molecule has 4 heteroatoms. The lowest BCUT2D eigenvalue weighted by molar-refractivity contribution is -0.141. The van der Waals surface area contributed by atoms with Crippen molar-refractivity contribution < 1.29 is 14.6 Å². The van der Waals surface area contributed by atoms with Gasteiger partial charge in [-0.25, -0.2) is 0 Å². The maximum atomic E-state index is 11.5. The quantitative estimate of drug-likeness (QED) is 0.677. The molecule has 1 saturated heterocycles. The van der Waals surface area contributed by atoms with Crippen LogP contribution in [0, 0.1) is 0 Å². The van der Waals surface area contributed by atoms with Gasteiger partial charge < -0.3 is 14.7 Å². The van der Waals surface area contributed by atoms with Crippen LogP contribution >= 0.6 is 0 Å². The van der Waals surface area contributed by atoms with E-state index in [1.807, 2.05) is 0 Å². The second-order valence-corrected chi connectivity index (χ2v) is 3.46. The van der Waals surface area contributed by atoms with Crippen LogP contribution in [0.4, 0.5) is 0 Å². The van der Waals surface area contributed by atoms with E-state index in [2.05, 4.69) is 0 Å². The Bertz CT molecular complexity index is 182. The number of carbonyl (C=O) groups excluding carboxylic acids is 1. The SMILES string of the molecule is COC[C@@H]1CCCN1C(=O)[C@H](C)O. The first kappa shape index (κ1) is 10.5. The van der Waals surface area contributed by atoms with E-state index in [4.69, 9.17) is 9.84 Å². The van der Waals surface area contributed by atoms with Crippen molar-refractivity contribution in [2.24, 2.45) is 0 Å². The molecule has 0 bridgehead atoms. The molecule has 0 aliphatic carbocycles. The Morgan fingerprint density at radius 2 is 2.46 bits per heavy atom. The highest BCUT2D eigenvalue weighted by Gasteiger charge is 2.30. The molecular formula is C9H17NO3. The zero-order chi connectivity index (χ0) is 9.84. The zero-order valence-corrected chi connectivity index (χ0v) is 8.19. The van der Waals surface area contributed by atoms with E-state index in [1.54, 1.807) is 12.0 Å². The van der Waals surface area contributed by atoms with E-state index in [9.17, 15) is 4.79 Å². The number of aliphatic hydroxyl groups is 1. The summed E-state index contributed by atoms with van der Waals surface area (Å²) >= 11 is 0. The maximum absolute atomic E-state index is 11.5. The van der Waals surface area contributed by atoms with Crippen LogP contribution in [0.15, 0.2) is 0 Å². The number of hydrogen-bond acceptors (Lipinski definition) is 3. The molecule has 1 amide bonds. The predicted molar refractivity (Wildman–Crippen MR) is 48.3 cm³/mol. The number of likely N-dealkylation sites (tertiary alicyclic amines) is 1. The number of hydrogen-bond donors (Lipinski definition) is 1. The molecule has 1 fully saturated rings. The third-order valence-corrected chi connectivity index (χ3v) is 2.38. The molecule has 2 atom stereocenters. The maximum Gasteiger partial charge on any atom is 0.251 e. The van der Waals surface area contributed by atoms with Gasteiger partial charge in [-0.2, -0.15) is 0 Å². The summed E-state index contributed by atoms with van der Waals surface area (Å²) in [5.41, 5.74) is 0. The fourth-order valence-electron chi connectivity index (χ4n) is 1.73. The number of rotatable bonds is 3. The first-order valence-corrected chi connectivity index (χ1v) is 4.64. The Morgan fingerprint density at radius 1 is 1.77 bits per heavy atom.